The Morgan fingerprint density at radius 1 is 1.35 bits per heavy atom. The van der Waals surface area contributed by atoms with Gasteiger partial charge in [-0.3, -0.25) is 0 Å². The lowest BCUT2D eigenvalue weighted by Gasteiger charge is -2.17. The highest BCUT2D eigenvalue weighted by Crippen LogP contribution is 2.38. The Bertz CT molecular complexity index is 428. The summed E-state index contributed by atoms with van der Waals surface area (Å²) in [6, 6.07) is 2.53. The molecule has 0 aliphatic carbocycles. The summed E-state index contributed by atoms with van der Waals surface area (Å²) in [5, 5.41) is 12.8. The molecule has 0 fully saturated rings. The number of halogens is 3. The lowest BCUT2D eigenvalue weighted by Crippen LogP contribution is -2.10. The second kappa shape index (κ2) is 4.22. The van der Waals surface area contributed by atoms with Gasteiger partial charge in [-0.15, -0.1) is 0 Å². The van der Waals surface area contributed by atoms with Crippen LogP contribution in [0.5, 0.6) is 0 Å². The van der Waals surface area contributed by atoms with Gasteiger partial charge in [0.25, 0.3) is 0 Å². The van der Waals surface area contributed by atoms with Crippen molar-refractivity contribution in [3.63, 3.8) is 0 Å². The number of aryl methyl sites for hydroxylation is 1. The molecule has 2 N–H and O–H groups in total. The summed E-state index contributed by atoms with van der Waals surface area (Å²) in [6.45, 7) is 2.01. The predicted octanol–water partition coefficient (Wildman–Crippen LogP) is 3.25. The number of aliphatic hydroxyl groups excluding tert-OH is 1. The van der Waals surface area contributed by atoms with Crippen molar-refractivity contribution in [3.05, 3.63) is 28.8 Å². The van der Waals surface area contributed by atoms with Crippen molar-refractivity contribution in [2.75, 3.05) is 11.9 Å². The van der Waals surface area contributed by atoms with Gasteiger partial charge in [-0.2, -0.15) is 13.2 Å². The van der Waals surface area contributed by atoms with Gasteiger partial charge in [-0.1, -0.05) is 6.07 Å². The number of fused-ring (bicyclic) bond motifs is 1. The van der Waals surface area contributed by atoms with Gasteiger partial charge in [0, 0.05) is 17.8 Å². The van der Waals surface area contributed by atoms with Gasteiger partial charge in [-0.25, -0.2) is 0 Å². The van der Waals surface area contributed by atoms with Crippen LogP contribution in [0, 0.1) is 6.92 Å². The molecule has 0 radical (unpaired) electrons. The highest BCUT2D eigenvalue weighted by atomic mass is 19.4. The zero-order valence-electron chi connectivity index (χ0n) is 9.43. The minimum absolute atomic E-state index is 0.152. The second-order valence-electron chi connectivity index (χ2n) is 4.34. The topological polar surface area (TPSA) is 32.3 Å². The fourth-order valence-corrected chi connectivity index (χ4v) is 2.14. The Morgan fingerprint density at radius 3 is 2.71 bits per heavy atom. The van der Waals surface area contributed by atoms with Gasteiger partial charge in [-0.05, 0) is 31.4 Å². The fourth-order valence-electron chi connectivity index (χ4n) is 2.14. The van der Waals surface area contributed by atoms with Crippen LogP contribution < -0.4 is 5.32 Å². The predicted molar refractivity (Wildman–Crippen MR) is 58.9 cm³/mol. The van der Waals surface area contributed by atoms with Crippen LogP contribution in [0.3, 0.4) is 0 Å². The van der Waals surface area contributed by atoms with E-state index in [1.165, 1.54) is 13.0 Å². The Morgan fingerprint density at radius 2 is 2.06 bits per heavy atom. The summed E-state index contributed by atoms with van der Waals surface area (Å²) in [7, 11) is 0. The molecule has 1 atom stereocenters. The largest absolute Gasteiger partial charge is 0.416 e. The molecule has 1 aromatic carbocycles. The van der Waals surface area contributed by atoms with Crippen molar-refractivity contribution < 1.29 is 18.3 Å². The van der Waals surface area contributed by atoms with Gasteiger partial charge >= 0.3 is 6.18 Å². The van der Waals surface area contributed by atoms with E-state index in [1.807, 2.05) is 0 Å². The third-order valence-electron chi connectivity index (χ3n) is 3.03. The number of alkyl halides is 3. The van der Waals surface area contributed by atoms with E-state index in [0.717, 1.165) is 12.5 Å². The summed E-state index contributed by atoms with van der Waals surface area (Å²) in [5.41, 5.74) is 0.470. The maximum absolute atomic E-state index is 12.7. The zero-order valence-corrected chi connectivity index (χ0v) is 9.43. The minimum atomic E-state index is -4.35. The molecule has 17 heavy (non-hydrogen) atoms. The standard InChI is InChI=1S/C12H14F3NO/c1-7-5-8-10(6-9(7)12(13,14)15)16-4-2-3-11(8)17/h5-6,11,16-17H,2-4H2,1H3/t11-/m1/s1. The quantitative estimate of drug-likeness (QED) is 0.735. The molecule has 0 saturated heterocycles. The summed E-state index contributed by atoms with van der Waals surface area (Å²) >= 11 is 0. The van der Waals surface area contributed by atoms with Gasteiger partial charge in [0.2, 0.25) is 0 Å². The van der Waals surface area contributed by atoms with Crippen molar-refractivity contribution in [1.82, 2.24) is 0 Å². The normalized spacial score (nSPS) is 20.4. The molecule has 0 unspecified atom stereocenters. The number of nitrogens with one attached hydrogen (secondary N) is 1. The molecule has 0 aromatic heterocycles. The summed E-state index contributed by atoms with van der Waals surface area (Å²) < 4.78 is 38.2. The van der Waals surface area contributed by atoms with E-state index in [1.54, 1.807) is 0 Å². The first-order valence-electron chi connectivity index (χ1n) is 5.53. The number of aliphatic hydroxyl groups is 1. The van der Waals surface area contributed by atoms with Crippen LogP contribution in [-0.2, 0) is 6.18 Å². The van der Waals surface area contributed by atoms with Crippen LogP contribution in [0.1, 0.15) is 35.6 Å². The van der Waals surface area contributed by atoms with Crippen molar-refractivity contribution >= 4 is 5.69 Å². The molecule has 1 aliphatic heterocycles. The second-order valence-corrected chi connectivity index (χ2v) is 4.34. The lowest BCUT2D eigenvalue weighted by molar-refractivity contribution is -0.138. The number of hydrogen-bond donors (Lipinski definition) is 2. The van der Waals surface area contributed by atoms with Crippen molar-refractivity contribution in [1.29, 1.82) is 0 Å². The van der Waals surface area contributed by atoms with Gasteiger partial charge < -0.3 is 10.4 Å². The van der Waals surface area contributed by atoms with E-state index < -0.39 is 17.8 Å². The maximum Gasteiger partial charge on any atom is 0.416 e. The van der Waals surface area contributed by atoms with Crippen molar-refractivity contribution in [2.45, 2.75) is 32.0 Å². The Kier molecular flexibility index (Phi) is 3.03. The third-order valence-corrected chi connectivity index (χ3v) is 3.03. The van der Waals surface area contributed by atoms with E-state index >= 15 is 0 Å². The van der Waals surface area contributed by atoms with Crippen LogP contribution in [0.2, 0.25) is 0 Å². The molecule has 1 heterocycles. The van der Waals surface area contributed by atoms with E-state index in [-0.39, 0.29) is 5.56 Å². The Hall–Kier alpha value is -1.23. The molecule has 0 bridgehead atoms. The van der Waals surface area contributed by atoms with Crippen LogP contribution in [-0.4, -0.2) is 11.7 Å². The highest BCUT2D eigenvalue weighted by molar-refractivity contribution is 5.57. The van der Waals surface area contributed by atoms with Crippen LogP contribution in [0.25, 0.3) is 0 Å². The zero-order chi connectivity index (χ0) is 12.6. The van der Waals surface area contributed by atoms with Crippen LogP contribution >= 0.6 is 0 Å². The number of hydrogen-bond acceptors (Lipinski definition) is 2. The molecular weight excluding hydrogens is 231 g/mol. The number of benzene rings is 1. The summed E-state index contributed by atoms with van der Waals surface area (Å²) in [4.78, 5) is 0. The van der Waals surface area contributed by atoms with Gasteiger partial charge in [0.1, 0.15) is 0 Å². The van der Waals surface area contributed by atoms with E-state index in [0.29, 0.717) is 24.2 Å². The first kappa shape index (κ1) is 12.2. The monoisotopic (exact) mass is 245 g/mol. The molecule has 5 heteroatoms. The van der Waals surface area contributed by atoms with Crippen molar-refractivity contribution in [2.24, 2.45) is 0 Å². The Labute approximate surface area is 97.5 Å². The third kappa shape index (κ3) is 2.39. The molecule has 2 nitrogen and oxygen atoms in total. The molecule has 0 amide bonds. The minimum Gasteiger partial charge on any atom is -0.388 e. The van der Waals surface area contributed by atoms with Crippen LogP contribution in [0.4, 0.5) is 18.9 Å². The highest BCUT2D eigenvalue weighted by Gasteiger charge is 2.33. The number of anilines is 1. The average Bonchev–Trinajstić information content (AvgIpc) is 2.39. The van der Waals surface area contributed by atoms with Gasteiger partial charge in [0.15, 0.2) is 0 Å². The molecule has 94 valence electrons. The molecule has 1 aromatic rings. The molecule has 2 rings (SSSR count). The fraction of sp³-hybridized carbons (Fsp3) is 0.500. The van der Waals surface area contributed by atoms with E-state index in [4.69, 9.17) is 0 Å². The average molecular weight is 245 g/mol. The van der Waals surface area contributed by atoms with Gasteiger partial charge in [0.05, 0.1) is 11.7 Å². The first-order chi connectivity index (χ1) is 7.89. The molecule has 0 spiro atoms. The summed E-state index contributed by atoms with van der Waals surface area (Å²) in [5.74, 6) is 0. The van der Waals surface area contributed by atoms with E-state index in [2.05, 4.69) is 5.32 Å². The smallest absolute Gasteiger partial charge is 0.388 e. The lowest BCUT2D eigenvalue weighted by atomic mass is 9.98. The van der Waals surface area contributed by atoms with E-state index in [9.17, 15) is 18.3 Å². The maximum atomic E-state index is 12.7. The summed E-state index contributed by atoms with van der Waals surface area (Å²) in [6.07, 6.45) is -3.71. The molecular formula is C12H14F3NO. The van der Waals surface area contributed by atoms with Crippen LogP contribution in [0.15, 0.2) is 12.1 Å². The van der Waals surface area contributed by atoms with Crippen molar-refractivity contribution in [3.8, 4) is 0 Å². The SMILES string of the molecule is Cc1cc2c(cc1C(F)(F)F)NCCC[C@H]2O. The molecule has 0 saturated carbocycles. The number of rotatable bonds is 0. The molecule has 1 aliphatic rings. The first-order valence-corrected chi connectivity index (χ1v) is 5.53. The Balaban J connectivity index is 2.52.